The third-order valence-corrected chi connectivity index (χ3v) is 5.64. The lowest BCUT2D eigenvalue weighted by atomic mass is 9.96. The zero-order valence-electron chi connectivity index (χ0n) is 17.1. The summed E-state index contributed by atoms with van der Waals surface area (Å²) in [5, 5.41) is 10.9. The molecule has 2 aliphatic heterocycles. The molecule has 3 atom stereocenters. The third-order valence-electron chi connectivity index (χ3n) is 5.64. The molecular formula is C21H25F3N4O2. The number of fused-ring (bicyclic) bond motifs is 1. The van der Waals surface area contributed by atoms with Gasteiger partial charge >= 0.3 is 6.18 Å². The average molecular weight is 422 g/mol. The van der Waals surface area contributed by atoms with Crippen LogP contribution in [-0.4, -0.2) is 42.8 Å². The Morgan fingerprint density at radius 1 is 1.13 bits per heavy atom. The smallest absolute Gasteiger partial charge is 0.410 e. The molecule has 0 spiro atoms. The second kappa shape index (κ2) is 7.86. The molecule has 0 bridgehead atoms. The number of benzene rings is 1. The quantitative estimate of drug-likeness (QED) is 0.768. The van der Waals surface area contributed by atoms with Crippen molar-refractivity contribution in [2.75, 3.05) is 26.1 Å². The van der Waals surface area contributed by atoms with E-state index >= 15 is 0 Å². The highest BCUT2D eigenvalue weighted by molar-refractivity contribution is 5.67. The Labute approximate surface area is 173 Å². The van der Waals surface area contributed by atoms with E-state index in [2.05, 4.69) is 15.7 Å². The van der Waals surface area contributed by atoms with Crippen LogP contribution in [0.2, 0.25) is 0 Å². The van der Waals surface area contributed by atoms with Crippen LogP contribution in [-0.2, 0) is 0 Å². The second-order valence-electron chi connectivity index (χ2n) is 7.65. The fraction of sp³-hybridized carbons (Fsp3) is 0.476. The number of nitrogens with zero attached hydrogens (tertiary/aromatic N) is 2. The Hall–Kier alpha value is -2.68. The molecule has 1 aromatic carbocycles. The molecule has 0 saturated carbocycles. The van der Waals surface area contributed by atoms with Gasteiger partial charge in [-0.25, -0.2) is 4.68 Å². The van der Waals surface area contributed by atoms with Crippen LogP contribution in [0.1, 0.15) is 43.1 Å². The lowest BCUT2D eigenvalue weighted by molar-refractivity contribution is -0.173. The number of rotatable bonds is 4. The van der Waals surface area contributed by atoms with E-state index < -0.39 is 18.3 Å². The molecule has 162 valence electrons. The molecule has 4 rings (SSSR count). The summed E-state index contributed by atoms with van der Waals surface area (Å²) in [6, 6.07) is 4.82. The molecule has 0 radical (unpaired) electrons. The Kier molecular flexibility index (Phi) is 5.40. The van der Waals surface area contributed by atoms with E-state index in [9.17, 15) is 13.2 Å². The lowest BCUT2D eigenvalue weighted by Gasteiger charge is -2.33. The van der Waals surface area contributed by atoms with Gasteiger partial charge in [0.2, 0.25) is 0 Å². The monoisotopic (exact) mass is 422 g/mol. The Bertz CT molecular complexity index is 954. The number of nitrogens with one attached hydrogen (secondary N) is 2. The van der Waals surface area contributed by atoms with Crippen LogP contribution in [0.4, 0.5) is 19.0 Å². The van der Waals surface area contributed by atoms with Crippen LogP contribution in [0.3, 0.4) is 0 Å². The first-order chi connectivity index (χ1) is 14.3. The normalized spacial score (nSPS) is 23.9. The van der Waals surface area contributed by atoms with E-state index in [-0.39, 0.29) is 12.5 Å². The summed E-state index contributed by atoms with van der Waals surface area (Å²) >= 11 is 0. The van der Waals surface area contributed by atoms with Crippen molar-refractivity contribution in [2.45, 2.75) is 44.1 Å². The fourth-order valence-corrected chi connectivity index (χ4v) is 4.11. The van der Waals surface area contributed by atoms with Gasteiger partial charge in [0, 0.05) is 18.5 Å². The molecule has 6 nitrogen and oxygen atoms in total. The Morgan fingerprint density at radius 3 is 2.57 bits per heavy atom. The molecule has 0 fully saturated rings. The molecule has 0 aliphatic carbocycles. The number of anilines is 1. The minimum absolute atomic E-state index is 0.163. The minimum Gasteiger partial charge on any atom is -0.493 e. The summed E-state index contributed by atoms with van der Waals surface area (Å²) in [6.07, 6.45) is -1.82. The maximum absolute atomic E-state index is 13.9. The van der Waals surface area contributed by atoms with Crippen molar-refractivity contribution in [3.05, 3.63) is 41.6 Å². The van der Waals surface area contributed by atoms with Crippen molar-refractivity contribution in [3.63, 3.8) is 0 Å². The molecule has 9 heteroatoms. The van der Waals surface area contributed by atoms with Crippen molar-refractivity contribution >= 4 is 11.4 Å². The van der Waals surface area contributed by atoms with Crippen molar-refractivity contribution in [3.8, 4) is 11.5 Å². The van der Waals surface area contributed by atoms with Crippen LogP contribution in [0, 0.1) is 0 Å². The Morgan fingerprint density at radius 2 is 1.90 bits per heavy atom. The van der Waals surface area contributed by atoms with Gasteiger partial charge < -0.3 is 20.1 Å². The molecule has 2 aliphatic rings. The predicted octanol–water partition coefficient (Wildman–Crippen LogP) is 4.33. The number of alkyl halides is 3. The largest absolute Gasteiger partial charge is 0.493 e. The maximum atomic E-state index is 13.9. The number of hydrogen-bond acceptors (Lipinski definition) is 5. The SMILES string of the molecule is COc1ccc(C2CC(C(F)(F)F)n3nc(C4=CC(C)NCC4)cc3N2)cc1OC. The van der Waals surface area contributed by atoms with Gasteiger partial charge in [-0.3, -0.25) is 0 Å². The van der Waals surface area contributed by atoms with Gasteiger partial charge in [0.25, 0.3) is 0 Å². The molecule has 30 heavy (non-hydrogen) atoms. The number of ether oxygens (including phenoxy) is 2. The molecule has 1 aromatic heterocycles. The van der Waals surface area contributed by atoms with Crippen LogP contribution in [0.5, 0.6) is 11.5 Å². The van der Waals surface area contributed by atoms with Gasteiger partial charge in [-0.1, -0.05) is 12.1 Å². The summed E-state index contributed by atoms with van der Waals surface area (Å²) in [5.74, 6) is 1.38. The average Bonchev–Trinajstić information content (AvgIpc) is 3.16. The zero-order chi connectivity index (χ0) is 21.5. The van der Waals surface area contributed by atoms with Crippen molar-refractivity contribution in [1.29, 1.82) is 0 Å². The van der Waals surface area contributed by atoms with E-state index in [0.29, 0.717) is 28.6 Å². The fourth-order valence-electron chi connectivity index (χ4n) is 4.11. The molecular weight excluding hydrogens is 397 g/mol. The van der Waals surface area contributed by atoms with Crippen molar-refractivity contribution in [1.82, 2.24) is 15.1 Å². The Balaban J connectivity index is 1.71. The second-order valence-corrected chi connectivity index (χ2v) is 7.65. The number of halogens is 3. The summed E-state index contributed by atoms with van der Waals surface area (Å²) < 4.78 is 53.4. The van der Waals surface area contributed by atoms with Crippen LogP contribution in [0.25, 0.3) is 5.57 Å². The highest BCUT2D eigenvalue weighted by atomic mass is 19.4. The third kappa shape index (κ3) is 3.86. The number of hydrogen-bond donors (Lipinski definition) is 2. The summed E-state index contributed by atoms with van der Waals surface area (Å²) in [4.78, 5) is 0. The van der Waals surface area contributed by atoms with E-state index in [1.165, 1.54) is 14.2 Å². The van der Waals surface area contributed by atoms with Crippen LogP contribution >= 0.6 is 0 Å². The van der Waals surface area contributed by atoms with Crippen molar-refractivity contribution in [2.24, 2.45) is 0 Å². The van der Waals surface area contributed by atoms with Gasteiger partial charge in [0.15, 0.2) is 17.5 Å². The van der Waals surface area contributed by atoms with Gasteiger partial charge in [0.05, 0.1) is 26.0 Å². The number of methoxy groups -OCH3 is 2. The summed E-state index contributed by atoms with van der Waals surface area (Å²) in [6.45, 7) is 2.79. The maximum Gasteiger partial charge on any atom is 0.410 e. The van der Waals surface area contributed by atoms with E-state index in [4.69, 9.17) is 9.47 Å². The van der Waals surface area contributed by atoms with Crippen LogP contribution in [0.15, 0.2) is 30.3 Å². The molecule has 0 amide bonds. The summed E-state index contributed by atoms with van der Waals surface area (Å²) in [5.41, 5.74) is 2.26. The van der Waals surface area contributed by atoms with Gasteiger partial charge in [0.1, 0.15) is 5.82 Å². The molecule has 3 unspecified atom stereocenters. The molecule has 2 aromatic rings. The highest BCUT2D eigenvalue weighted by Crippen LogP contribution is 2.45. The minimum atomic E-state index is -4.41. The van der Waals surface area contributed by atoms with Crippen LogP contribution < -0.4 is 20.1 Å². The first-order valence-corrected chi connectivity index (χ1v) is 9.89. The lowest BCUT2D eigenvalue weighted by Crippen LogP contribution is -2.35. The van der Waals surface area contributed by atoms with Gasteiger partial charge in [-0.05, 0) is 43.2 Å². The predicted molar refractivity (Wildman–Crippen MR) is 108 cm³/mol. The molecule has 3 heterocycles. The zero-order valence-corrected chi connectivity index (χ0v) is 17.1. The number of aromatic nitrogens is 2. The van der Waals surface area contributed by atoms with E-state index in [1.807, 2.05) is 13.0 Å². The van der Waals surface area contributed by atoms with Crippen molar-refractivity contribution < 1.29 is 22.6 Å². The topological polar surface area (TPSA) is 60.3 Å². The first-order valence-electron chi connectivity index (χ1n) is 9.89. The highest BCUT2D eigenvalue weighted by Gasteiger charge is 2.46. The van der Waals surface area contributed by atoms with Gasteiger partial charge in [-0.2, -0.15) is 18.3 Å². The summed E-state index contributed by atoms with van der Waals surface area (Å²) in [7, 11) is 3.02. The van der Waals surface area contributed by atoms with E-state index in [0.717, 1.165) is 23.2 Å². The van der Waals surface area contributed by atoms with Gasteiger partial charge in [-0.15, -0.1) is 0 Å². The molecule has 2 N–H and O–H groups in total. The standard InChI is InChI=1S/C21H25F3N4O2/c1-12-8-14(6-7-25-12)16-11-20-26-15(10-19(21(22,23)24)28(20)27-16)13-4-5-17(29-2)18(9-13)30-3/h4-5,8-9,11-12,15,19,25-26H,6-7,10H2,1-3H3. The molecule has 0 saturated heterocycles. The first kappa shape index (κ1) is 20.6. The van der Waals surface area contributed by atoms with E-state index in [1.54, 1.807) is 24.3 Å².